The molecule has 1 aromatic rings. The molecule has 0 spiro atoms. The molecule has 3 aliphatic heterocycles. The Morgan fingerprint density at radius 2 is 2.07 bits per heavy atom. The molecule has 0 radical (unpaired) electrons. The third-order valence-corrected chi connectivity index (χ3v) is 6.11. The Kier molecular flexibility index (Phi) is 7.79. The minimum atomic E-state index is 0. The van der Waals surface area contributed by atoms with Crippen LogP contribution in [0.4, 0.5) is 5.82 Å². The Labute approximate surface area is 185 Å². The second kappa shape index (κ2) is 10.1. The lowest BCUT2D eigenvalue weighted by molar-refractivity contribution is 0.0992. The molecule has 6 nitrogen and oxygen atoms in total. The lowest BCUT2D eigenvalue weighted by Gasteiger charge is -2.31. The Morgan fingerprint density at radius 1 is 1.25 bits per heavy atom. The first-order valence-electron chi connectivity index (χ1n) is 10.6. The van der Waals surface area contributed by atoms with E-state index in [1.165, 1.54) is 25.7 Å². The van der Waals surface area contributed by atoms with E-state index in [4.69, 9.17) is 9.73 Å². The van der Waals surface area contributed by atoms with Crippen LogP contribution in [0.5, 0.6) is 0 Å². The molecule has 28 heavy (non-hydrogen) atoms. The average Bonchev–Trinajstić information content (AvgIpc) is 3.31. The van der Waals surface area contributed by atoms with Gasteiger partial charge in [0.2, 0.25) is 0 Å². The lowest BCUT2D eigenvalue weighted by atomic mass is 9.96. The van der Waals surface area contributed by atoms with Crippen molar-refractivity contribution in [1.82, 2.24) is 15.6 Å². The number of guanidine groups is 1. The van der Waals surface area contributed by atoms with Gasteiger partial charge in [0, 0.05) is 25.8 Å². The number of hydrogen-bond donors (Lipinski definition) is 2. The lowest BCUT2D eigenvalue weighted by Crippen LogP contribution is -2.47. The summed E-state index contributed by atoms with van der Waals surface area (Å²) in [6, 6.07) is 4.70. The van der Waals surface area contributed by atoms with Crippen LogP contribution in [0.15, 0.2) is 23.3 Å². The number of aliphatic imine (C=N–C) groups is 1. The van der Waals surface area contributed by atoms with Crippen LogP contribution in [-0.2, 0) is 11.3 Å². The van der Waals surface area contributed by atoms with Crippen LogP contribution >= 0.6 is 24.0 Å². The van der Waals surface area contributed by atoms with Gasteiger partial charge in [-0.2, -0.15) is 0 Å². The summed E-state index contributed by atoms with van der Waals surface area (Å²) >= 11 is 0. The van der Waals surface area contributed by atoms with Gasteiger partial charge in [-0.05, 0) is 56.6 Å². The van der Waals surface area contributed by atoms with Gasteiger partial charge < -0.3 is 20.3 Å². The second-order valence-electron chi connectivity index (χ2n) is 8.25. The van der Waals surface area contributed by atoms with E-state index in [1.54, 1.807) is 0 Å². The highest BCUT2D eigenvalue weighted by Gasteiger charge is 2.41. The minimum Gasteiger partial charge on any atom is -0.373 e. The number of anilines is 1. The Hall–Kier alpha value is -1.09. The molecular formula is C21H34IN5O. The van der Waals surface area contributed by atoms with Crippen LogP contribution in [0.1, 0.15) is 51.5 Å². The topological polar surface area (TPSA) is 61.8 Å². The van der Waals surface area contributed by atoms with Crippen molar-refractivity contribution in [2.75, 3.05) is 24.5 Å². The van der Waals surface area contributed by atoms with Crippen molar-refractivity contribution >= 4 is 35.8 Å². The van der Waals surface area contributed by atoms with E-state index < -0.39 is 0 Å². The molecule has 3 atom stereocenters. The fraction of sp³-hybridized carbons (Fsp3) is 0.714. The minimum absolute atomic E-state index is 0. The van der Waals surface area contributed by atoms with Gasteiger partial charge in [-0.3, -0.25) is 0 Å². The maximum atomic E-state index is 5.94. The van der Waals surface area contributed by atoms with E-state index >= 15 is 0 Å². The zero-order valence-corrected chi connectivity index (χ0v) is 19.4. The van der Waals surface area contributed by atoms with Crippen LogP contribution in [-0.4, -0.2) is 48.8 Å². The number of rotatable bonds is 5. The molecule has 0 amide bonds. The fourth-order valence-corrected chi connectivity index (χ4v) is 4.39. The zero-order valence-electron chi connectivity index (χ0n) is 17.1. The molecule has 0 aromatic carbocycles. The number of piperidine rings is 1. The van der Waals surface area contributed by atoms with Crippen molar-refractivity contribution in [3.05, 3.63) is 23.9 Å². The van der Waals surface area contributed by atoms with Gasteiger partial charge in [-0.1, -0.05) is 13.0 Å². The molecule has 3 unspecified atom stereocenters. The molecule has 3 fully saturated rings. The van der Waals surface area contributed by atoms with Crippen molar-refractivity contribution in [1.29, 1.82) is 0 Å². The number of pyridine rings is 1. The maximum absolute atomic E-state index is 5.94. The normalized spacial score (nSPS) is 27.6. The van der Waals surface area contributed by atoms with Gasteiger partial charge >= 0.3 is 0 Å². The maximum Gasteiger partial charge on any atom is 0.191 e. The number of nitrogens with zero attached hydrogens (tertiary/aromatic N) is 3. The number of ether oxygens (including phenoxy) is 1. The van der Waals surface area contributed by atoms with E-state index in [1.807, 2.05) is 6.20 Å². The molecule has 4 rings (SSSR count). The van der Waals surface area contributed by atoms with Gasteiger partial charge in [0.25, 0.3) is 0 Å². The van der Waals surface area contributed by atoms with Crippen molar-refractivity contribution in [3.8, 4) is 0 Å². The molecule has 4 heterocycles. The molecule has 0 aliphatic carbocycles. The van der Waals surface area contributed by atoms with Crippen molar-refractivity contribution in [2.45, 2.75) is 70.7 Å². The summed E-state index contributed by atoms with van der Waals surface area (Å²) in [6.07, 6.45) is 8.78. The monoisotopic (exact) mass is 499 g/mol. The van der Waals surface area contributed by atoms with Crippen LogP contribution in [0.3, 0.4) is 0 Å². The standard InChI is InChI=1S/C21H33N5O.HI/c1-3-22-21(25-18-12-17-5-6-19(18)27-17)24-14-16-4-7-20(23-13-16)26-10-8-15(2)9-11-26;/h4,7,13,15,17-19H,3,5-6,8-12,14H2,1-2H3,(H2,22,24,25);1H. The third-order valence-electron chi connectivity index (χ3n) is 6.11. The molecule has 156 valence electrons. The first-order valence-corrected chi connectivity index (χ1v) is 10.6. The predicted molar refractivity (Wildman–Crippen MR) is 125 cm³/mol. The van der Waals surface area contributed by atoms with Crippen LogP contribution < -0.4 is 15.5 Å². The quantitative estimate of drug-likeness (QED) is 0.370. The van der Waals surface area contributed by atoms with E-state index in [9.17, 15) is 0 Å². The molecule has 1 aromatic heterocycles. The first kappa shape index (κ1) is 21.6. The van der Waals surface area contributed by atoms with Crippen molar-refractivity contribution < 1.29 is 4.74 Å². The first-order chi connectivity index (χ1) is 13.2. The van der Waals surface area contributed by atoms with E-state index in [2.05, 4.69) is 46.5 Å². The van der Waals surface area contributed by atoms with Crippen LogP contribution in [0, 0.1) is 5.92 Å². The van der Waals surface area contributed by atoms with Crippen molar-refractivity contribution in [3.63, 3.8) is 0 Å². The van der Waals surface area contributed by atoms with Gasteiger partial charge in [-0.15, -0.1) is 24.0 Å². The largest absolute Gasteiger partial charge is 0.373 e. The summed E-state index contributed by atoms with van der Waals surface area (Å²) in [7, 11) is 0. The molecular weight excluding hydrogens is 465 g/mol. The SMILES string of the molecule is CCNC(=NCc1ccc(N2CCC(C)CC2)nc1)NC1CC2CCC1O2.I. The summed E-state index contributed by atoms with van der Waals surface area (Å²) in [6.45, 7) is 8.17. The molecule has 0 saturated carbocycles. The summed E-state index contributed by atoms with van der Waals surface area (Å²) in [5.74, 6) is 2.82. The predicted octanol–water partition coefficient (Wildman–Crippen LogP) is 3.31. The molecule has 3 saturated heterocycles. The zero-order chi connectivity index (χ0) is 18.6. The highest BCUT2D eigenvalue weighted by molar-refractivity contribution is 14.0. The smallest absolute Gasteiger partial charge is 0.191 e. The summed E-state index contributed by atoms with van der Waals surface area (Å²) in [5, 5.41) is 6.93. The number of hydrogen-bond acceptors (Lipinski definition) is 4. The van der Waals surface area contributed by atoms with Gasteiger partial charge in [0.05, 0.1) is 24.8 Å². The summed E-state index contributed by atoms with van der Waals surface area (Å²) in [4.78, 5) is 11.8. The Bertz CT molecular complexity index is 645. The van der Waals surface area contributed by atoms with Gasteiger partial charge in [-0.25, -0.2) is 9.98 Å². The summed E-state index contributed by atoms with van der Waals surface area (Å²) in [5.41, 5.74) is 1.14. The van der Waals surface area contributed by atoms with E-state index in [-0.39, 0.29) is 24.0 Å². The van der Waals surface area contributed by atoms with Crippen molar-refractivity contribution in [2.24, 2.45) is 10.9 Å². The molecule has 3 aliphatic rings. The third kappa shape index (κ3) is 5.28. The second-order valence-corrected chi connectivity index (χ2v) is 8.25. The number of aromatic nitrogens is 1. The molecule has 7 heteroatoms. The van der Waals surface area contributed by atoms with Crippen LogP contribution in [0.25, 0.3) is 0 Å². The number of halogens is 1. The van der Waals surface area contributed by atoms with E-state index in [0.29, 0.717) is 24.8 Å². The van der Waals surface area contributed by atoms with Crippen LogP contribution in [0.2, 0.25) is 0 Å². The van der Waals surface area contributed by atoms with Gasteiger partial charge in [0.1, 0.15) is 5.82 Å². The fourth-order valence-electron chi connectivity index (χ4n) is 4.39. The highest BCUT2D eigenvalue weighted by atomic mass is 127. The molecule has 2 N–H and O–H groups in total. The Balaban J connectivity index is 0.00000225. The highest BCUT2D eigenvalue weighted by Crippen LogP contribution is 2.34. The Morgan fingerprint density at radius 3 is 2.68 bits per heavy atom. The van der Waals surface area contributed by atoms with Gasteiger partial charge in [0.15, 0.2) is 5.96 Å². The summed E-state index contributed by atoms with van der Waals surface area (Å²) < 4.78 is 5.94. The average molecular weight is 499 g/mol. The number of nitrogens with one attached hydrogen (secondary N) is 2. The number of fused-ring (bicyclic) bond motifs is 2. The van der Waals surface area contributed by atoms with E-state index in [0.717, 1.165) is 49.3 Å². The molecule has 2 bridgehead atoms.